The van der Waals surface area contributed by atoms with Crippen LogP contribution in [0.1, 0.15) is 12.5 Å². The van der Waals surface area contributed by atoms with E-state index < -0.39 is 0 Å². The Morgan fingerprint density at radius 3 is 2.79 bits per heavy atom. The van der Waals surface area contributed by atoms with Crippen LogP contribution in [0.4, 0.5) is 5.69 Å². The molecule has 0 bridgehead atoms. The van der Waals surface area contributed by atoms with Crippen molar-refractivity contribution in [2.24, 2.45) is 0 Å². The van der Waals surface area contributed by atoms with E-state index in [1.165, 1.54) is 16.4 Å². The molecule has 4 aromatic rings. The summed E-state index contributed by atoms with van der Waals surface area (Å²) in [4.78, 5) is 15.6. The number of aryl methyl sites for hydroxylation is 1. The summed E-state index contributed by atoms with van der Waals surface area (Å²) in [5, 5.41) is 12.8. The van der Waals surface area contributed by atoms with Gasteiger partial charge in [-0.05, 0) is 30.2 Å². The minimum absolute atomic E-state index is 0.110. The minimum atomic E-state index is -0.110. The van der Waals surface area contributed by atoms with Gasteiger partial charge in [0, 0.05) is 16.6 Å². The van der Waals surface area contributed by atoms with E-state index in [-0.39, 0.29) is 11.7 Å². The Kier molecular flexibility index (Phi) is 5.03. The number of thioether (sulfide) groups is 1. The first-order valence-electron chi connectivity index (χ1n) is 8.95. The van der Waals surface area contributed by atoms with Crippen molar-refractivity contribution < 1.29 is 4.79 Å². The van der Waals surface area contributed by atoms with Crippen LogP contribution in [-0.4, -0.2) is 31.5 Å². The van der Waals surface area contributed by atoms with E-state index in [0.29, 0.717) is 11.0 Å². The molecule has 142 valence electrons. The number of benzene rings is 2. The summed E-state index contributed by atoms with van der Waals surface area (Å²) >= 11 is 1.25. The lowest BCUT2D eigenvalue weighted by Crippen LogP contribution is -2.17. The van der Waals surface area contributed by atoms with Gasteiger partial charge >= 0.3 is 0 Å². The average molecular weight is 392 g/mol. The molecule has 4 rings (SSSR count). The van der Waals surface area contributed by atoms with Crippen molar-refractivity contribution in [2.45, 2.75) is 18.5 Å². The highest BCUT2D eigenvalue weighted by atomic mass is 32.2. The van der Waals surface area contributed by atoms with Gasteiger partial charge in [0.25, 0.3) is 0 Å². The Labute approximate surface area is 166 Å². The van der Waals surface area contributed by atoms with Crippen molar-refractivity contribution in [3.05, 3.63) is 60.2 Å². The first-order chi connectivity index (χ1) is 13.7. The molecule has 0 saturated carbocycles. The van der Waals surface area contributed by atoms with E-state index in [1.807, 2.05) is 54.6 Å². The first-order valence-corrected chi connectivity index (χ1v) is 9.93. The number of carbonyl (C=O) groups excluding carboxylic acids is 1. The van der Waals surface area contributed by atoms with Crippen molar-refractivity contribution in [2.75, 3.05) is 16.9 Å². The Morgan fingerprint density at radius 2 is 1.96 bits per heavy atom. The maximum atomic E-state index is 12.3. The summed E-state index contributed by atoms with van der Waals surface area (Å²) in [5.41, 5.74) is 3.72. The van der Waals surface area contributed by atoms with E-state index >= 15 is 0 Å². The summed E-state index contributed by atoms with van der Waals surface area (Å²) in [6.45, 7) is 2.06. The van der Waals surface area contributed by atoms with E-state index in [4.69, 9.17) is 5.84 Å². The average Bonchev–Trinajstić information content (AvgIpc) is 3.29. The van der Waals surface area contributed by atoms with Gasteiger partial charge in [-0.3, -0.25) is 4.79 Å². The van der Waals surface area contributed by atoms with Crippen LogP contribution in [0.25, 0.3) is 22.4 Å². The van der Waals surface area contributed by atoms with E-state index in [9.17, 15) is 4.79 Å². The lowest BCUT2D eigenvalue weighted by molar-refractivity contribution is -0.113. The Bertz CT molecular complexity index is 1100. The van der Waals surface area contributed by atoms with Crippen LogP contribution in [0, 0.1) is 0 Å². The van der Waals surface area contributed by atoms with Crippen molar-refractivity contribution in [3.8, 4) is 11.5 Å². The smallest absolute Gasteiger partial charge is 0.234 e. The van der Waals surface area contributed by atoms with E-state index in [2.05, 4.69) is 27.4 Å². The quantitative estimate of drug-likeness (QED) is 0.345. The molecule has 2 aromatic heterocycles. The van der Waals surface area contributed by atoms with Crippen LogP contribution in [0.15, 0.2) is 59.8 Å². The molecule has 0 saturated heterocycles. The second-order valence-electron chi connectivity index (χ2n) is 6.29. The molecule has 8 heteroatoms. The molecule has 28 heavy (non-hydrogen) atoms. The summed E-state index contributed by atoms with van der Waals surface area (Å²) in [7, 11) is 0. The number of nitrogens with zero attached hydrogens (tertiary/aromatic N) is 3. The molecule has 0 unspecified atom stereocenters. The van der Waals surface area contributed by atoms with Gasteiger partial charge in [0.05, 0.1) is 11.4 Å². The number of nitrogens with one attached hydrogen (secondary N) is 2. The van der Waals surface area contributed by atoms with Gasteiger partial charge in [-0.1, -0.05) is 55.1 Å². The molecule has 0 atom stereocenters. The van der Waals surface area contributed by atoms with Crippen LogP contribution in [0.5, 0.6) is 0 Å². The highest BCUT2D eigenvalue weighted by Gasteiger charge is 2.16. The number of para-hydroxylation sites is 2. The Morgan fingerprint density at radius 1 is 1.18 bits per heavy atom. The second-order valence-corrected chi connectivity index (χ2v) is 7.24. The number of amides is 1. The predicted molar refractivity (Wildman–Crippen MR) is 113 cm³/mol. The summed E-state index contributed by atoms with van der Waals surface area (Å²) in [5.74, 6) is 6.77. The zero-order chi connectivity index (χ0) is 19.5. The number of aromatic amines is 1. The zero-order valence-corrected chi connectivity index (χ0v) is 16.2. The highest BCUT2D eigenvalue weighted by molar-refractivity contribution is 7.99. The van der Waals surface area contributed by atoms with Crippen LogP contribution in [0.2, 0.25) is 0 Å². The number of nitrogens with two attached hydrogens (primary N) is 1. The number of nitrogen functional groups attached to an aromatic ring is 1. The summed E-state index contributed by atoms with van der Waals surface area (Å²) in [6, 6.07) is 17.7. The van der Waals surface area contributed by atoms with Crippen molar-refractivity contribution >= 4 is 34.3 Å². The summed E-state index contributed by atoms with van der Waals surface area (Å²) < 4.78 is 1.41. The van der Waals surface area contributed by atoms with Gasteiger partial charge in [-0.2, -0.15) is 0 Å². The highest BCUT2D eigenvalue weighted by Crippen LogP contribution is 2.25. The van der Waals surface area contributed by atoms with E-state index in [0.717, 1.165) is 34.3 Å². The van der Waals surface area contributed by atoms with Gasteiger partial charge in [0.1, 0.15) is 0 Å². The number of carbonyl (C=O) groups is 1. The second kappa shape index (κ2) is 7.77. The van der Waals surface area contributed by atoms with Crippen molar-refractivity contribution in [3.63, 3.8) is 0 Å². The van der Waals surface area contributed by atoms with E-state index in [1.54, 1.807) is 0 Å². The van der Waals surface area contributed by atoms with Crippen LogP contribution in [0.3, 0.4) is 0 Å². The zero-order valence-electron chi connectivity index (χ0n) is 15.3. The molecular weight excluding hydrogens is 372 g/mol. The molecule has 7 nitrogen and oxygen atoms in total. The minimum Gasteiger partial charge on any atom is -0.352 e. The van der Waals surface area contributed by atoms with Crippen LogP contribution >= 0.6 is 11.8 Å². The van der Waals surface area contributed by atoms with Crippen LogP contribution in [-0.2, 0) is 11.2 Å². The van der Waals surface area contributed by atoms with Crippen molar-refractivity contribution in [1.29, 1.82) is 0 Å². The maximum absolute atomic E-state index is 12.3. The van der Waals surface area contributed by atoms with Gasteiger partial charge in [-0.15, -0.1) is 10.2 Å². The van der Waals surface area contributed by atoms with Gasteiger partial charge < -0.3 is 16.1 Å². The third-order valence-electron chi connectivity index (χ3n) is 4.44. The van der Waals surface area contributed by atoms with Gasteiger partial charge in [0.2, 0.25) is 11.1 Å². The number of rotatable bonds is 6. The molecule has 2 heterocycles. The Hall–Kier alpha value is -3.26. The number of fused-ring (bicyclic) bond motifs is 1. The number of aromatic nitrogens is 4. The Balaban J connectivity index is 1.45. The molecule has 0 aliphatic carbocycles. The molecule has 2 aromatic carbocycles. The summed E-state index contributed by atoms with van der Waals surface area (Å²) in [6.07, 6.45) is 0.856. The SMILES string of the molecule is CCc1ccccc1NC(=O)CSc1nnc(-c2cc3ccccc3[nH]2)n1N. The fourth-order valence-corrected chi connectivity index (χ4v) is 3.68. The van der Waals surface area contributed by atoms with Gasteiger partial charge in [0.15, 0.2) is 5.82 Å². The number of H-pyrrole nitrogens is 1. The lowest BCUT2D eigenvalue weighted by Gasteiger charge is -2.09. The molecule has 0 aliphatic rings. The monoisotopic (exact) mass is 392 g/mol. The third kappa shape index (κ3) is 3.59. The number of hydrogen-bond acceptors (Lipinski definition) is 5. The number of anilines is 1. The molecular formula is C20H20N6OS. The molecule has 1 amide bonds. The van der Waals surface area contributed by atoms with Crippen LogP contribution < -0.4 is 11.2 Å². The molecule has 0 fully saturated rings. The lowest BCUT2D eigenvalue weighted by atomic mass is 10.1. The topological polar surface area (TPSA) is 102 Å². The predicted octanol–water partition coefficient (Wildman–Crippen LogP) is 3.43. The third-order valence-corrected chi connectivity index (χ3v) is 5.38. The normalized spacial score (nSPS) is 11.0. The standard InChI is InChI=1S/C20H20N6OS/c1-2-13-7-3-5-9-15(13)23-18(27)12-28-20-25-24-19(26(20)21)17-11-14-8-4-6-10-16(14)22-17/h3-11,22H,2,12,21H2,1H3,(H,23,27). The molecule has 0 aliphatic heterocycles. The van der Waals surface area contributed by atoms with Gasteiger partial charge in [-0.25, -0.2) is 4.68 Å². The fraction of sp³-hybridized carbons (Fsp3) is 0.150. The van der Waals surface area contributed by atoms with Crippen molar-refractivity contribution in [1.82, 2.24) is 19.9 Å². The fourth-order valence-electron chi connectivity index (χ4n) is 3.02. The molecule has 0 spiro atoms. The first kappa shape index (κ1) is 18.1. The molecule has 4 N–H and O–H groups in total. The molecule has 0 radical (unpaired) electrons. The largest absolute Gasteiger partial charge is 0.352 e. The maximum Gasteiger partial charge on any atom is 0.234 e. The number of hydrogen-bond donors (Lipinski definition) is 3.